The second kappa shape index (κ2) is 4.00. The fraction of sp³-hybridized carbons (Fsp3) is 0.571. The second-order valence-corrected chi connectivity index (χ2v) is 4.93. The molecule has 2 heterocycles. The van der Waals surface area contributed by atoms with Crippen LogP contribution in [0.3, 0.4) is 0 Å². The number of rotatable bonds is 1. The van der Waals surface area contributed by atoms with E-state index in [4.69, 9.17) is 0 Å². The molecule has 2 nitrogen and oxygen atoms in total. The molecule has 2 aliphatic heterocycles. The van der Waals surface area contributed by atoms with E-state index in [0.717, 1.165) is 19.0 Å². The van der Waals surface area contributed by atoms with Gasteiger partial charge in [0.05, 0.1) is 11.4 Å². The summed E-state index contributed by atoms with van der Waals surface area (Å²) in [5, 5.41) is 3.59. The van der Waals surface area contributed by atoms with Gasteiger partial charge in [-0.1, -0.05) is 13.0 Å². The van der Waals surface area contributed by atoms with Crippen LogP contribution >= 0.6 is 0 Å². The molecule has 0 amide bonds. The molecule has 86 valence electrons. The maximum absolute atomic E-state index is 3.59. The van der Waals surface area contributed by atoms with Gasteiger partial charge in [-0.15, -0.1) is 0 Å². The second-order valence-electron chi connectivity index (χ2n) is 4.93. The van der Waals surface area contributed by atoms with Crippen molar-refractivity contribution in [3.63, 3.8) is 0 Å². The Morgan fingerprint density at radius 3 is 3.19 bits per heavy atom. The molecule has 0 aliphatic carbocycles. The van der Waals surface area contributed by atoms with Crippen molar-refractivity contribution < 1.29 is 0 Å². The van der Waals surface area contributed by atoms with Crippen LogP contribution in [0.15, 0.2) is 18.2 Å². The molecule has 2 heteroatoms. The van der Waals surface area contributed by atoms with Gasteiger partial charge in [-0.3, -0.25) is 0 Å². The van der Waals surface area contributed by atoms with Crippen molar-refractivity contribution in [2.45, 2.75) is 38.6 Å². The summed E-state index contributed by atoms with van der Waals surface area (Å²) in [7, 11) is 0. The van der Waals surface area contributed by atoms with E-state index in [-0.39, 0.29) is 0 Å². The molecule has 0 spiro atoms. The lowest BCUT2D eigenvalue weighted by molar-refractivity contribution is 0.466. The van der Waals surface area contributed by atoms with Crippen molar-refractivity contribution in [3.05, 3.63) is 23.8 Å². The molecule has 1 atom stereocenters. The van der Waals surface area contributed by atoms with Crippen molar-refractivity contribution in [3.8, 4) is 0 Å². The van der Waals surface area contributed by atoms with E-state index in [1.54, 1.807) is 0 Å². The van der Waals surface area contributed by atoms with E-state index in [2.05, 4.69) is 35.3 Å². The van der Waals surface area contributed by atoms with Gasteiger partial charge >= 0.3 is 0 Å². The summed E-state index contributed by atoms with van der Waals surface area (Å²) in [5.41, 5.74) is 4.20. The first-order chi connectivity index (χ1) is 7.88. The minimum atomic E-state index is 0.730. The zero-order chi connectivity index (χ0) is 11.0. The number of aryl methyl sites for hydroxylation is 1. The Hall–Kier alpha value is -1.18. The average molecular weight is 216 g/mol. The zero-order valence-corrected chi connectivity index (χ0v) is 10.00. The number of hydrogen-bond donors (Lipinski definition) is 1. The van der Waals surface area contributed by atoms with Crippen LogP contribution in [0.2, 0.25) is 0 Å². The zero-order valence-electron chi connectivity index (χ0n) is 10.00. The van der Waals surface area contributed by atoms with E-state index in [1.807, 2.05) is 0 Å². The van der Waals surface area contributed by atoms with Gasteiger partial charge in [0.1, 0.15) is 0 Å². The number of benzene rings is 1. The highest BCUT2D eigenvalue weighted by Crippen LogP contribution is 2.35. The van der Waals surface area contributed by atoms with Gasteiger partial charge in [0.15, 0.2) is 0 Å². The molecule has 1 saturated heterocycles. The Morgan fingerprint density at radius 1 is 1.38 bits per heavy atom. The van der Waals surface area contributed by atoms with Crippen LogP contribution < -0.4 is 10.2 Å². The van der Waals surface area contributed by atoms with Crippen LogP contribution in [0, 0.1) is 0 Å². The van der Waals surface area contributed by atoms with E-state index < -0.39 is 0 Å². The maximum atomic E-state index is 3.59. The molecule has 1 fully saturated rings. The molecular formula is C14H20N2. The third kappa shape index (κ3) is 1.57. The molecule has 3 rings (SSSR count). The average Bonchev–Trinajstić information content (AvgIpc) is 2.38. The molecule has 16 heavy (non-hydrogen) atoms. The highest BCUT2D eigenvalue weighted by molar-refractivity contribution is 5.73. The molecule has 1 aromatic carbocycles. The smallest absolute Gasteiger partial charge is 0.0605 e. The summed E-state index contributed by atoms with van der Waals surface area (Å²) in [6.45, 7) is 4.58. The maximum Gasteiger partial charge on any atom is 0.0605 e. The van der Waals surface area contributed by atoms with Crippen LogP contribution in [0.5, 0.6) is 0 Å². The Morgan fingerprint density at radius 2 is 2.31 bits per heavy atom. The van der Waals surface area contributed by atoms with E-state index >= 15 is 0 Å². The summed E-state index contributed by atoms with van der Waals surface area (Å²) in [6.07, 6.45) is 5.22. The fourth-order valence-electron chi connectivity index (χ4n) is 2.95. The van der Waals surface area contributed by atoms with Crippen LogP contribution in [0.25, 0.3) is 0 Å². The highest BCUT2D eigenvalue weighted by atomic mass is 15.2. The number of hydrogen-bond acceptors (Lipinski definition) is 2. The van der Waals surface area contributed by atoms with E-state index in [1.165, 1.54) is 42.7 Å². The monoisotopic (exact) mass is 216 g/mol. The molecule has 0 radical (unpaired) electrons. The molecule has 0 saturated carbocycles. The standard InChI is InChI=1S/C14H20N2/c1-2-11-6-7-14-13(9-11)15-10-12-5-3-4-8-16(12)14/h6-7,9,12,15H,2-5,8,10H2,1H3. The van der Waals surface area contributed by atoms with Gasteiger partial charge in [-0.25, -0.2) is 0 Å². The van der Waals surface area contributed by atoms with Gasteiger partial charge < -0.3 is 10.2 Å². The first-order valence-electron chi connectivity index (χ1n) is 6.52. The van der Waals surface area contributed by atoms with Gasteiger partial charge in [-0.2, -0.15) is 0 Å². The van der Waals surface area contributed by atoms with Crippen molar-refractivity contribution in [1.82, 2.24) is 0 Å². The third-order valence-corrected chi connectivity index (χ3v) is 3.93. The lowest BCUT2D eigenvalue weighted by atomic mass is 9.97. The van der Waals surface area contributed by atoms with Gasteiger partial charge in [0.2, 0.25) is 0 Å². The van der Waals surface area contributed by atoms with Crippen LogP contribution in [0.4, 0.5) is 11.4 Å². The fourth-order valence-corrected chi connectivity index (χ4v) is 2.95. The molecule has 2 aliphatic rings. The summed E-state index contributed by atoms with van der Waals surface area (Å²) in [5.74, 6) is 0. The third-order valence-electron chi connectivity index (χ3n) is 3.93. The molecule has 1 N–H and O–H groups in total. The Balaban J connectivity index is 1.96. The minimum Gasteiger partial charge on any atom is -0.381 e. The lowest BCUT2D eigenvalue weighted by Gasteiger charge is -2.42. The van der Waals surface area contributed by atoms with E-state index in [0.29, 0.717) is 0 Å². The molecular weight excluding hydrogens is 196 g/mol. The predicted octanol–water partition coefficient (Wildman–Crippen LogP) is 3.03. The number of nitrogens with zero attached hydrogens (tertiary/aromatic N) is 1. The largest absolute Gasteiger partial charge is 0.381 e. The topological polar surface area (TPSA) is 15.3 Å². The number of anilines is 2. The van der Waals surface area contributed by atoms with Crippen molar-refractivity contribution in [2.24, 2.45) is 0 Å². The minimum absolute atomic E-state index is 0.730. The summed E-state index contributed by atoms with van der Waals surface area (Å²) in [4.78, 5) is 2.61. The molecule has 0 bridgehead atoms. The van der Waals surface area contributed by atoms with Crippen molar-refractivity contribution in [2.75, 3.05) is 23.3 Å². The van der Waals surface area contributed by atoms with Gasteiger partial charge in [-0.05, 0) is 43.4 Å². The Bertz CT molecular complexity index is 386. The van der Waals surface area contributed by atoms with Crippen LogP contribution in [-0.2, 0) is 6.42 Å². The first kappa shape index (κ1) is 10.0. The van der Waals surface area contributed by atoms with Crippen molar-refractivity contribution >= 4 is 11.4 Å². The van der Waals surface area contributed by atoms with Gasteiger partial charge in [0, 0.05) is 19.1 Å². The normalized spacial score (nSPS) is 23.3. The number of piperidine rings is 1. The van der Waals surface area contributed by atoms with Crippen LogP contribution in [-0.4, -0.2) is 19.1 Å². The van der Waals surface area contributed by atoms with E-state index in [9.17, 15) is 0 Å². The first-order valence-corrected chi connectivity index (χ1v) is 6.52. The summed E-state index contributed by atoms with van der Waals surface area (Å²) < 4.78 is 0. The molecule has 1 aromatic rings. The highest BCUT2D eigenvalue weighted by Gasteiger charge is 2.27. The summed E-state index contributed by atoms with van der Waals surface area (Å²) in [6, 6.07) is 7.63. The quantitative estimate of drug-likeness (QED) is 0.776. The molecule has 1 unspecified atom stereocenters. The SMILES string of the molecule is CCc1ccc2c(c1)NCC1CCCCN21. The van der Waals surface area contributed by atoms with Gasteiger partial charge in [0.25, 0.3) is 0 Å². The molecule has 0 aromatic heterocycles. The van der Waals surface area contributed by atoms with Crippen LogP contribution in [0.1, 0.15) is 31.7 Å². The summed E-state index contributed by atoms with van der Waals surface area (Å²) >= 11 is 0. The van der Waals surface area contributed by atoms with Crippen molar-refractivity contribution in [1.29, 1.82) is 0 Å². The Kier molecular flexibility index (Phi) is 2.50. The number of fused-ring (bicyclic) bond motifs is 3. The lowest BCUT2D eigenvalue weighted by Crippen LogP contribution is -2.46. The predicted molar refractivity (Wildman–Crippen MR) is 69.3 cm³/mol. The number of nitrogens with one attached hydrogen (secondary N) is 1. The Labute approximate surface area is 97.6 Å².